The first-order valence-corrected chi connectivity index (χ1v) is 5.61. The van der Waals surface area contributed by atoms with Crippen molar-refractivity contribution in [2.24, 2.45) is 5.92 Å². The molecule has 0 saturated heterocycles. The fourth-order valence-electron chi connectivity index (χ4n) is 1.90. The normalized spacial score (nSPS) is 14.9. The van der Waals surface area contributed by atoms with Gasteiger partial charge in [0.1, 0.15) is 5.56 Å². The molecule has 2 aromatic rings. The lowest BCUT2D eigenvalue weighted by molar-refractivity contribution is 0.0964. The van der Waals surface area contributed by atoms with Gasteiger partial charge in [0, 0.05) is 11.3 Å². The highest BCUT2D eigenvalue weighted by Crippen LogP contribution is 2.35. The molecule has 1 aliphatic rings. The Morgan fingerprint density at radius 2 is 2.00 bits per heavy atom. The third-order valence-corrected chi connectivity index (χ3v) is 3.07. The van der Waals surface area contributed by atoms with Crippen molar-refractivity contribution in [2.45, 2.75) is 12.8 Å². The topological polar surface area (TPSA) is 87.7 Å². The predicted octanol–water partition coefficient (Wildman–Crippen LogP) is 1.80. The van der Waals surface area contributed by atoms with E-state index in [4.69, 9.17) is 4.42 Å². The summed E-state index contributed by atoms with van der Waals surface area (Å²) >= 11 is 0. The fraction of sp³-hybridized carbons (Fsp3) is 0.231. The molecule has 92 valence electrons. The maximum Gasteiger partial charge on any atom is 0.347 e. The van der Waals surface area contributed by atoms with E-state index in [1.165, 1.54) is 18.2 Å². The first kappa shape index (κ1) is 10.8. The molecule has 1 aromatic carbocycles. The van der Waals surface area contributed by atoms with E-state index in [1.807, 2.05) is 0 Å². The largest absolute Gasteiger partial charge is 0.504 e. The molecule has 1 aliphatic carbocycles. The number of phenolic OH excluding ortho intramolecular Hbond substituents is 2. The number of Topliss-reactive ketones (excluding diaryl/α,β-unsaturated/α-hetero) is 1. The number of hydrogen-bond donors (Lipinski definition) is 2. The Hall–Kier alpha value is -2.30. The van der Waals surface area contributed by atoms with Gasteiger partial charge in [0.2, 0.25) is 5.75 Å². The number of fused-ring (bicyclic) bond motifs is 1. The number of carbonyl (C=O) groups excluding carboxylic acids is 1. The molecule has 5 heteroatoms. The summed E-state index contributed by atoms with van der Waals surface area (Å²) in [5.74, 6) is -1.14. The summed E-state index contributed by atoms with van der Waals surface area (Å²) in [7, 11) is 0. The van der Waals surface area contributed by atoms with Crippen molar-refractivity contribution in [3.05, 3.63) is 34.2 Å². The van der Waals surface area contributed by atoms with E-state index in [0.29, 0.717) is 5.39 Å². The lowest BCUT2D eigenvalue weighted by atomic mass is 10.1. The lowest BCUT2D eigenvalue weighted by Crippen LogP contribution is -2.15. The Labute approximate surface area is 101 Å². The van der Waals surface area contributed by atoms with Gasteiger partial charge in [-0.1, -0.05) is 0 Å². The molecule has 1 aromatic heterocycles. The maximum absolute atomic E-state index is 11.9. The van der Waals surface area contributed by atoms with Crippen LogP contribution in [0.1, 0.15) is 23.2 Å². The number of ketones is 1. The Morgan fingerprint density at radius 3 is 2.67 bits per heavy atom. The highest BCUT2D eigenvalue weighted by Gasteiger charge is 2.32. The van der Waals surface area contributed by atoms with Crippen LogP contribution in [0.2, 0.25) is 0 Å². The van der Waals surface area contributed by atoms with E-state index in [0.717, 1.165) is 12.8 Å². The molecule has 1 saturated carbocycles. The van der Waals surface area contributed by atoms with Crippen LogP contribution in [0.3, 0.4) is 0 Å². The van der Waals surface area contributed by atoms with Crippen LogP contribution in [0.25, 0.3) is 11.0 Å². The van der Waals surface area contributed by atoms with Crippen LogP contribution in [0.5, 0.6) is 11.5 Å². The minimum Gasteiger partial charge on any atom is -0.504 e. The Kier molecular flexibility index (Phi) is 2.16. The minimum atomic E-state index is -0.777. The molecule has 0 aliphatic heterocycles. The van der Waals surface area contributed by atoms with Gasteiger partial charge in [-0.3, -0.25) is 4.79 Å². The summed E-state index contributed by atoms with van der Waals surface area (Å²) in [6.45, 7) is 0. The second kappa shape index (κ2) is 3.60. The summed E-state index contributed by atoms with van der Waals surface area (Å²) in [6, 6.07) is 4.17. The molecular weight excluding hydrogens is 236 g/mol. The minimum absolute atomic E-state index is 0.00934. The average molecular weight is 246 g/mol. The number of aromatic hydroxyl groups is 2. The molecular formula is C13H10O5. The SMILES string of the molecule is O=C(c1cc2ccc(O)c(O)c2oc1=O)C1CC1. The van der Waals surface area contributed by atoms with Crippen LogP contribution in [0, 0.1) is 5.92 Å². The highest BCUT2D eigenvalue weighted by molar-refractivity contribution is 6.01. The van der Waals surface area contributed by atoms with Crippen molar-refractivity contribution in [2.75, 3.05) is 0 Å². The van der Waals surface area contributed by atoms with E-state index in [9.17, 15) is 19.8 Å². The van der Waals surface area contributed by atoms with Crippen molar-refractivity contribution in [1.82, 2.24) is 0 Å². The van der Waals surface area contributed by atoms with E-state index < -0.39 is 11.4 Å². The second-order valence-corrected chi connectivity index (χ2v) is 4.44. The van der Waals surface area contributed by atoms with Gasteiger partial charge in [-0.15, -0.1) is 0 Å². The van der Waals surface area contributed by atoms with Crippen molar-refractivity contribution >= 4 is 16.8 Å². The van der Waals surface area contributed by atoms with Gasteiger partial charge in [0.25, 0.3) is 0 Å². The highest BCUT2D eigenvalue weighted by atomic mass is 16.4. The molecule has 1 fully saturated rings. The van der Waals surface area contributed by atoms with Crippen LogP contribution in [-0.2, 0) is 0 Å². The van der Waals surface area contributed by atoms with Crippen LogP contribution in [0.15, 0.2) is 27.4 Å². The summed E-state index contributed by atoms with van der Waals surface area (Å²) in [5.41, 5.74) is -0.872. The van der Waals surface area contributed by atoms with Gasteiger partial charge in [-0.05, 0) is 31.0 Å². The monoisotopic (exact) mass is 246 g/mol. The van der Waals surface area contributed by atoms with E-state index in [-0.39, 0.29) is 28.6 Å². The lowest BCUT2D eigenvalue weighted by Gasteiger charge is -2.03. The molecule has 0 unspecified atom stereocenters. The average Bonchev–Trinajstić information content (AvgIpc) is 3.17. The number of rotatable bonds is 2. The third kappa shape index (κ3) is 1.55. The second-order valence-electron chi connectivity index (χ2n) is 4.44. The molecule has 0 atom stereocenters. The van der Waals surface area contributed by atoms with Crippen molar-refractivity contribution in [3.8, 4) is 11.5 Å². The van der Waals surface area contributed by atoms with Crippen LogP contribution in [0.4, 0.5) is 0 Å². The zero-order chi connectivity index (χ0) is 12.9. The molecule has 3 rings (SSSR count). The van der Waals surface area contributed by atoms with E-state index >= 15 is 0 Å². The van der Waals surface area contributed by atoms with E-state index in [1.54, 1.807) is 0 Å². The Balaban J connectivity index is 2.25. The summed E-state index contributed by atoms with van der Waals surface area (Å²) in [5, 5.41) is 19.3. The van der Waals surface area contributed by atoms with Gasteiger partial charge in [0.05, 0.1) is 0 Å². The zero-order valence-electron chi connectivity index (χ0n) is 9.34. The quantitative estimate of drug-likeness (QED) is 0.479. The molecule has 0 bridgehead atoms. The summed E-state index contributed by atoms with van der Waals surface area (Å²) in [4.78, 5) is 23.5. The number of phenols is 2. The molecule has 0 amide bonds. The summed E-state index contributed by atoms with van der Waals surface area (Å²) in [6.07, 6.45) is 1.61. The first-order valence-electron chi connectivity index (χ1n) is 5.61. The number of hydrogen-bond acceptors (Lipinski definition) is 5. The Morgan fingerprint density at radius 1 is 1.28 bits per heavy atom. The molecule has 2 N–H and O–H groups in total. The van der Waals surface area contributed by atoms with Crippen molar-refractivity contribution < 1.29 is 19.4 Å². The molecule has 18 heavy (non-hydrogen) atoms. The molecule has 0 spiro atoms. The third-order valence-electron chi connectivity index (χ3n) is 3.07. The van der Waals surface area contributed by atoms with Crippen LogP contribution >= 0.6 is 0 Å². The molecule has 5 nitrogen and oxygen atoms in total. The van der Waals surface area contributed by atoms with Gasteiger partial charge >= 0.3 is 5.63 Å². The zero-order valence-corrected chi connectivity index (χ0v) is 9.34. The maximum atomic E-state index is 11.9. The van der Waals surface area contributed by atoms with Gasteiger partial charge in [0.15, 0.2) is 17.1 Å². The Bertz CT molecular complexity index is 709. The van der Waals surface area contributed by atoms with Gasteiger partial charge in [-0.2, -0.15) is 0 Å². The van der Waals surface area contributed by atoms with Crippen molar-refractivity contribution in [1.29, 1.82) is 0 Å². The van der Waals surface area contributed by atoms with Crippen LogP contribution in [-0.4, -0.2) is 16.0 Å². The van der Waals surface area contributed by atoms with E-state index in [2.05, 4.69) is 0 Å². The summed E-state index contributed by atoms with van der Waals surface area (Å²) < 4.78 is 4.92. The predicted molar refractivity (Wildman–Crippen MR) is 62.9 cm³/mol. The number of benzene rings is 1. The molecule has 0 radical (unpaired) electrons. The smallest absolute Gasteiger partial charge is 0.347 e. The van der Waals surface area contributed by atoms with Crippen molar-refractivity contribution in [3.63, 3.8) is 0 Å². The molecule has 1 heterocycles. The number of carbonyl (C=O) groups is 1. The fourth-order valence-corrected chi connectivity index (χ4v) is 1.90. The standard InChI is InChI=1S/C13H10O5/c14-9-4-3-7-5-8(10(15)6-1-2-6)13(17)18-12(7)11(9)16/h3-6,14,16H,1-2H2. The van der Waals surface area contributed by atoms with Gasteiger partial charge in [-0.25, -0.2) is 4.79 Å². The first-order chi connectivity index (χ1) is 8.58. The van der Waals surface area contributed by atoms with Gasteiger partial charge < -0.3 is 14.6 Å². The van der Waals surface area contributed by atoms with Crippen LogP contribution < -0.4 is 5.63 Å².